The molecule has 2 bridgehead atoms. The van der Waals surface area contributed by atoms with Gasteiger partial charge < -0.3 is 26.6 Å². The van der Waals surface area contributed by atoms with Gasteiger partial charge in [0, 0.05) is 19.3 Å². The van der Waals surface area contributed by atoms with E-state index in [-0.39, 0.29) is 23.1 Å². The molecule has 1 N–H and O–H groups in total. The molecule has 0 aromatic rings. The fourth-order valence-electron chi connectivity index (χ4n) is 3.79. The van der Waals surface area contributed by atoms with Gasteiger partial charge in [0.15, 0.2) is 0 Å². The van der Waals surface area contributed by atoms with Crippen molar-refractivity contribution in [2.75, 3.05) is 13.6 Å². The van der Waals surface area contributed by atoms with Gasteiger partial charge in [-0.25, -0.2) is 0 Å². The van der Waals surface area contributed by atoms with Gasteiger partial charge in [-0.1, -0.05) is 0 Å². The van der Waals surface area contributed by atoms with Gasteiger partial charge in [0.05, 0.1) is 31.7 Å². The van der Waals surface area contributed by atoms with Crippen molar-refractivity contribution in [2.45, 2.75) is 37.5 Å². The second kappa shape index (κ2) is 2.46. The van der Waals surface area contributed by atoms with E-state index in [1.807, 2.05) is 0 Å². The summed E-state index contributed by atoms with van der Waals surface area (Å²) in [5.41, 5.74) is 0. The van der Waals surface area contributed by atoms with E-state index < -0.39 is 0 Å². The monoisotopic (exact) mass is 233 g/mol. The Labute approximate surface area is 83.9 Å². The van der Waals surface area contributed by atoms with Gasteiger partial charge in [0.25, 0.3) is 0 Å². The average molecular weight is 234 g/mol. The van der Waals surface area contributed by atoms with Crippen molar-refractivity contribution in [3.8, 4) is 0 Å². The van der Waals surface area contributed by atoms with Crippen molar-refractivity contribution in [1.82, 2.24) is 0 Å². The molecule has 0 saturated carbocycles. The van der Waals surface area contributed by atoms with Crippen LogP contribution in [-0.2, 0) is 0 Å². The van der Waals surface area contributed by atoms with Gasteiger partial charge in [-0.3, -0.25) is 0 Å². The van der Waals surface area contributed by atoms with Crippen LogP contribution in [0.2, 0.25) is 0 Å². The highest BCUT2D eigenvalue weighted by molar-refractivity contribution is 4.98. The molecule has 0 aromatic carbocycles. The van der Waals surface area contributed by atoms with Gasteiger partial charge in [-0.05, 0) is 0 Å². The van der Waals surface area contributed by atoms with Crippen LogP contribution in [-0.4, -0.2) is 41.4 Å². The molecule has 0 spiro atoms. The third-order valence-corrected chi connectivity index (χ3v) is 4.49. The van der Waals surface area contributed by atoms with Gasteiger partial charge in [-0.2, -0.15) is 0 Å². The van der Waals surface area contributed by atoms with Gasteiger partial charge in [0.1, 0.15) is 6.04 Å². The van der Waals surface area contributed by atoms with Crippen molar-refractivity contribution in [3.05, 3.63) is 0 Å². The molecule has 12 heavy (non-hydrogen) atoms. The first-order valence-corrected chi connectivity index (χ1v) is 4.75. The first-order valence-electron chi connectivity index (χ1n) is 4.75. The molecule has 0 aliphatic carbocycles. The third kappa shape index (κ3) is 0.777. The number of halogens is 1. The van der Waals surface area contributed by atoms with Crippen LogP contribution in [0.25, 0.3) is 0 Å². The Bertz CT molecular complexity index is 203. The Hall–Kier alpha value is 0.400. The number of hydrogen-bond acceptors (Lipinski definition) is 1. The topological polar surface area (TPSA) is 20.2 Å². The summed E-state index contributed by atoms with van der Waals surface area (Å²) in [6.45, 7) is 1.26. The second-order valence-electron chi connectivity index (χ2n) is 4.79. The number of aliphatic hydroxyl groups excluding tert-OH is 1. The number of aliphatic hydroxyl groups is 1. The van der Waals surface area contributed by atoms with Crippen molar-refractivity contribution >= 4 is 0 Å². The standard InChI is InChI=1S/C9H16NO.BrH/c1-10-5-7-8(10)3-2-6(10)4-9(7)11;/h6-9,11H,2-5H2,1H3;1H/q+1;/p-1. The number of nitrogens with zero attached hydrogens (tertiary/aromatic N) is 1. The first kappa shape index (κ1) is 8.97. The SMILES string of the molecule is C[N+]12CC3C(O)CC1CCC32.[Br-]. The minimum atomic E-state index is 0. The number of piperidine rings is 2. The van der Waals surface area contributed by atoms with E-state index in [9.17, 15) is 5.11 Å². The second-order valence-corrected chi connectivity index (χ2v) is 4.79. The van der Waals surface area contributed by atoms with E-state index in [0.717, 1.165) is 18.5 Å². The lowest BCUT2D eigenvalue weighted by Gasteiger charge is -2.59. The molecule has 3 heteroatoms. The number of rotatable bonds is 0. The fourth-order valence-corrected chi connectivity index (χ4v) is 3.79. The molecule has 5 atom stereocenters. The summed E-state index contributed by atoms with van der Waals surface area (Å²) in [5, 5.41) is 9.70. The van der Waals surface area contributed by atoms with Crippen molar-refractivity contribution in [1.29, 1.82) is 0 Å². The zero-order chi connectivity index (χ0) is 7.64. The maximum absolute atomic E-state index is 9.70. The van der Waals surface area contributed by atoms with Gasteiger partial charge in [0.2, 0.25) is 0 Å². The summed E-state index contributed by atoms with van der Waals surface area (Å²) in [6, 6.07) is 1.64. The van der Waals surface area contributed by atoms with Crippen molar-refractivity contribution in [3.63, 3.8) is 0 Å². The molecule has 70 valence electrons. The Morgan fingerprint density at radius 3 is 2.75 bits per heavy atom. The Balaban J connectivity index is 0.000000563. The number of quaternary nitrogens is 1. The van der Waals surface area contributed by atoms with Crippen molar-refractivity contribution in [2.24, 2.45) is 5.92 Å². The number of fused-ring (bicyclic) bond motifs is 2. The molecule has 0 aromatic heterocycles. The highest BCUT2D eigenvalue weighted by Crippen LogP contribution is 2.52. The molecule has 2 nitrogen and oxygen atoms in total. The van der Waals surface area contributed by atoms with E-state index in [1.54, 1.807) is 0 Å². The maximum Gasteiger partial charge on any atom is 0.100 e. The molecular weight excluding hydrogens is 218 g/mol. The average Bonchev–Trinajstić information content (AvgIpc) is 2.14. The molecule has 3 fully saturated rings. The molecule has 3 aliphatic heterocycles. The molecule has 3 heterocycles. The van der Waals surface area contributed by atoms with Crippen LogP contribution in [0.4, 0.5) is 0 Å². The van der Waals surface area contributed by atoms with Crippen LogP contribution in [0.5, 0.6) is 0 Å². The van der Waals surface area contributed by atoms with Gasteiger partial charge >= 0.3 is 0 Å². The number of hydrogen-bond donors (Lipinski definition) is 1. The summed E-state index contributed by atoms with van der Waals surface area (Å²) in [6.07, 6.45) is 3.88. The first-order chi connectivity index (χ1) is 5.22. The summed E-state index contributed by atoms with van der Waals surface area (Å²) in [5.74, 6) is 0.666. The minimum absolute atomic E-state index is 0. The Morgan fingerprint density at radius 1 is 1.33 bits per heavy atom. The minimum Gasteiger partial charge on any atom is -1.00 e. The van der Waals surface area contributed by atoms with Crippen LogP contribution in [0.1, 0.15) is 19.3 Å². The summed E-state index contributed by atoms with van der Waals surface area (Å²) >= 11 is 0. The zero-order valence-corrected chi connectivity index (χ0v) is 9.00. The molecule has 3 saturated heterocycles. The Morgan fingerprint density at radius 2 is 2.08 bits per heavy atom. The maximum atomic E-state index is 9.70. The highest BCUT2D eigenvalue weighted by Gasteiger charge is 2.65. The lowest BCUT2D eigenvalue weighted by molar-refractivity contribution is -1.00. The third-order valence-electron chi connectivity index (χ3n) is 4.49. The lowest BCUT2D eigenvalue weighted by Crippen LogP contribution is -3.00. The Kier molecular flexibility index (Phi) is 1.84. The molecule has 3 rings (SSSR count). The van der Waals surface area contributed by atoms with Crippen molar-refractivity contribution < 1.29 is 26.6 Å². The van der Waals surface area contributed by atoms with Gasteiger partial charge in [-0.15, -0.1) is 0 Å². The smallest absolute Gasteiger partial charge is 0.100 e. The summed E-state index contributed by atoms with van der Waals surface area (Å²) in [4.78, 5) is 0. The molecular formula is C9H16BrNO. The quantitative estimate of drug-likeness (QED) is 0.454. The lowest BCUT2D eigenvalue weighted by atomic mass is 9.76. The van der Waals surface area contributed by atoms with Crippen LogP contribution in [0.15, 0.2) is 0 Å². The van der Waals surface area contributed by atoms with Crippen LogP contribution in [0, 0.1) is 5.92 Å². The van der Waals surface area contributed by atoms with E-state index >= 15 is 0 Å². The molecule has 0 amide bonds. The zero-order valence-electron chi connectivity index (χ0n) is 7.41. The normalized spacial score (nSPS) is 60.5. The van der Waals surface area contributed by atoms with Crippen LogP contribution >= 0.6 is 0 Å². The molecule has 0 radical (unpaired) electrons. The summed E-state index contributed by atoms with van der Waals surface area (Å²) in [7, 11) is 2.38. The van der Waals surface area contributed by atoms with E-state index in [1.165, 1.54) is 23.9 Å². The largest absolute Gasteiger partial charge is 1.00 e. The van der Waals surface area contributed by atoms with Crippen LogP contribution < -0.4 is 17.0 Å². The van der Waals surface area contributed by atoms with E-state index in [4.69, 9.17) is 0 Å². The molecule has 5 unspecified atom stereocenters. The summed E-state index contributed by atoms with van der Waals surface area (Å²) < 4.78 is 1.31. The predicted octanol–water partition coefficient (Wildman–Crippen LogP) is -2.64. The van der Waals surface area contributed by atoms with Crippen LogP contribution in [0.3, 0.4) is 0 Å². The highest BCUT2D eigenvalue weighted by atomic mass is 79.9. The van der Waals surface area contributed by atoms with E-state index in [0.29, 0.717) is 5.92 Å². The molecule has 3 aliphatic rings. The fraction of sp³-hybridized carbons (Fsp3) is 1.00. The van der Waals surface area contributed by atoms with E-state index in [2.05, 4.69) is 7.05 Å². The predicted molar refractivity (Wildman–Crippen MR) is 42.0 cm³/mol.